The van der Waals surface area contributed by atoms with Crippen LogP contribution in [0.15, 0.2) is 48.5 Å². The topological polar surface area (TPSA) is 35.6 Å². The summed E-state index contributed by atoms with van der Waals surface area (Å²) in [4.78, 5) is 18.4. The van der Waals surface area contributed by atoms with Gasteiger partial charge in [0, 0.05) is 44.0 Å². The number of nitrogens with one attached hydrogen (secondary N) is 1. The third kappa shape index (κ3) is 3.72. The number of rotatable bonds is 6. The zero-order chi connectivity index (χ0) is 22.6. The minimum atomic E-state index is -0.0863. The van der Waals surface area contributed by atoms with Crippen molar-refractivity contribution in [2.45, 2.75) is 51.0 Å². The van der Waals surface area contributed by atoms with Crippen molar-refractivity contribution in [2.24, 2.45) is 23.2 Å². The molecule has 7 rings (SSSR count). The maximum Gasteiger partial charge on any atom is 0.226 e. The summed E-state index contributed by atoms with van der Waals surface area (Å²) in [5, 5.41) is 3.49. The number of benzene rings is 2. The predicted octanol–water partition coefficient (Wildman–Crippen LogP) is 5.19. The van der Waals surface area contributed by atoms with Crippen molar-refractivity contribution in [1.82, 2.24) is 5.32 Å². The molecule has 4 heteroatoms. The quantitative estimate of drug-likeness (QED) is 0.667. The Morgan fingerprint density at radius 2 is 1.64 bits per heavy atom. The van der Waals surface area contributed by atoms with E-state index in [0.29, 0.717) is 12.5 Å². The van der Waals surface area contributed by atoms with Gasteiger partial charge in [-0.2, -0.15) is 0 Å². The second-order valence-corrected chi connectivity index (χ2v) is 11.5. The first-order valence-corrected chi connectivity index (χ1v) is 12.9. The highest BCUT2D eigenvalue weighted by Crippen LogP contribution is 2.60. The third-order valence-corrected chi connectivity index (χ3v) is 9.07. The molecule has 1 unspecified atom stereocenters. The molecule has 1 heterocycles. The van der Waals surface area contributed by atoms with Gasteiger partial charge in [0.05, 0.1) is 6.04 Å². The highest BCUT2D eigenvalue weighted by Gasteiger charge is 2.54. The van der Waals surface area contributed by atoms with E-state index in [-0.39, 0.29) is 11.5 Å². The molecular weight excluding hydrogens is 406 g/mol. The van der Waals surface area contributed by atoms with Gasteiger partial charge in [0.1, 0.15) is 0 Å². The largest absolute Gasteiger partial charge is 0.378 e. The molecule has 33 heavy (non-hydrogen) atoms. The molecule has 0 spiro atoms. The highest BCUT2D eigenvalue weighted by atomic mass is 16.2. The lowest BCUT2D eigenvalue weighted by molar-refractivity contribution is -0.146. The SMILES string of the molecule is CN(C)c1ccc(C(CNC(=O)C23CC4CC(CC(C4)C2)C3)N2CCc3ccccc32)cc1. The van der Waals surface area contributed by atoms with E-state index in [4.69, 9.17) is 0 Å². The second-order valence-electron chi connectivity index (χ2n) is 11.5. The Morgan fingerprint density at radius 1 is 1.00 bits per heavy atom. The minimum absolute atomic E-state index is 0.0863. The van der Waals surface area contributed by atoms with Crippen LogP contribution in [0.25, 0.3) is 0 Å². The summed E-state index contributed by atoms with van der Waals surface area (Å²) < 4.78 is 0. The van der Waals surface area contributed by atoms with Crippen LogP contribution < -0.4 is 15.1 Å². The van der Waals surface area contributed by atoms with Gasteiger partial charge in [-0.3, -0.25) is 4.79 Å². The van der Waals surface area contributed by atoms with Crippen LogP contribution in [0.5, 0.6) is 0 Å². The van der Waals surface area contributed by atoms with Crippen molar-refractivity contribution in [2.75, 3.05) is 37.0 Å². The summed E-state index contributed by atoms with van der Waals surface area (Å²) in [5.41, 5.74) is 5.14. The summed E-state index contributed by atoms with van der Waals surface area (Å²) >= 11 is 0. The molecule has 2 aromatic carbocycles. The molecule has 0 saturated heterocycles. The van der Waals surface area contributed by atoms with Crippen LogP contribution in [0.2, 0.25) is 0 Å². The molecule has 1 aliphatic heterocycles. The average Bonchev–Trinajstić information content (AvgIpc) is 3.22. The standard InChI is InChI=1S/C29H37N3O/c1-31(2)25-9-7-24(8-10-25)27(32-12-11-23-5-3-4-6-26(23)32)19-30-28(33)29-16-20-13-21(17-29)15-22(14-20)18-29/h3-10,20-22,27H,11-19H2,1-2H3,(H,30,33). The molecule has 1 amide bonds. The summed E-state index contributed by atoms with van der Waals surface area (Å²) in [5.74, 6) is 2.72. The lowest BCUT2D eigenvalue weighted by Gasteiger charge is -2.55. The lowest BCUT2D eigenvalue weighted by atomic mass is 9.49. The Kier molecular flexibility index (Phi) is 5.15. The number of fused-ring (bicyclic) bond motifs is 1. The normalized spacial score (nSPS) is 30.2. The zero-order valence-electron chi connectivity index (χ0n) is 20.1. The van der Waals surface area contributed by atoms with E-state index >= 15 is 0 Å². The monoisotopic (exact) mass is 443 g/mol. The molecular formula is C29H37N3O. The van der Waals surface area contributed by atoms with Crippen molar-refractivity contribution < 1.29 is 4.79 Å². The van der Waals surface area contributed by atoms with Gasteiger partial charge in [-0.25, -0.2) is 0 Å². The summed E-state index contributed by atoms with van der Waals surface area (Å²) in [6.07, 6.45) is 8.57. The van der Waals surface area contributed by atoms with Gasteiger partial charge in [-0.05, 0) is 92.0 Å². The van der Waals surface area contributed by atoms with Crippen molar-refractivity contribution >= 4 is 17.3 Å². The number of anilines is 2. The van der Waals surface area contributed by atoms with Crippen molar-refractivity contribution in [3.05, 3.63) is 59.7 Å². The lowest BCUT2D eigenvalue weighted by Crippen LogP contribution is -2.54. The number of carbonyl (C=O) groups excluding carboxylic acids is 1. The Hall–Kier alpha value is -2.49. The number of hydrogen-bond acceptors (Lipinski definition) is 3. The van der Waals surface area contributed by atoms with Crippen LogP contribution >= 0.6 is 0 Å². The Bertz CT molecular complexity index is 992. The number of para-hydroxylation sites is 1. The first kappa shape index (κ1) is 21.1. The van der Waals surface area contributed by atoms with E-state index in [0.717, 1.165) is 50.0 Å². The summed E-state index contributed by atoms with van der Waals surface area (Å²) in [6.45, 7) is 1.68. The molecule has 4 nitrogen and oxygen atoms in total. The second kappa shape index (κ2) is 8.07. The Morgan fingerprint density at radius 3 is 2.27 bits per heavy atom. The molecule has 4 fully saturated rings. The fourth-order valence-electron chi connectivity index (χ4n) is 7.86. The molecule has 4 aliphatic carbocycles. The molecule has 2 aromatic rings. The van der Waals surface area contributed by atoms with E-state index < -0.39 is 0 Å². The van der Waals surface area contributed by atoms with Gasteiger partial charge in [-0.1, -0.05) is 30.3 Å². The van der Waals surface area contributed by atoms with Crippen LogP contribution in [0.1, 0.15) is 55.7 Å². The molecule has 0 radical (unpaired) electrons. The van der Waals surface area contributed by atoms with E-state index in [2.05, 4.69) is 77.7 Å². The molecule has 4 bridgehead atoms. The smallest absolute Gasteiger partial charge is 0.226 e. The van der Waals surface area contributed by atoms with Gasteiger partial charge < -0.3 is 15.1 Å². The van der Waals surface area contributed by atoms with E-state index in [1.807, 2.05) is 0 Å². The first-order valence-electron chi connectivity index (χ1n) is 12.9. The fourth-order valence-corrected chi connectivity index (χ4v) is 7.86. The van der Waals surface area contributed by atoms with Crippen LogP contribution in [0.3, 0.4) is 0 Å². The third-order valence-electron chi connectivity index (χ3n) is 9.07. The van der Waals surface area contributed by atoms with Crippen LogP contribution in [-0.4, -0.2) is 33.1 Å². The minimum Gasteiger partial charge on any atom is -0.378 e. The van der Waals surface area contributed by atoms with E-state index in [9.17, 15) is 4.79 Å². The van der Waals surface area contributed by atoms with Gasteiger partial charge >= 0.3 is 0 Å². The van der Waals surface area contributed by atoms with E-state index in [1.54, 1.807) is 0 Å². The fraction of sp³-hybridized carbons (Fsp3) is 0.552. The number of hydrogen-bond donors (Lipinski definition) is 1. The molecule has 1 N–H and O–H groups in total. The van der Waals surface area contributed by atoms with Crippen molar-refractivity contribution in [3.63, 3.8) is 0 Å². The maximum absolute atomic E-state index is 13.7. The van der Waals surface area contributed by atoms with Crippen LogP contribution in [0, 0.1) is 23.2 Å². The summed E-state index contributed by atoms with van der Waals surface area (Å²) in [6, 6.07) is 17.8. The molecule has 4 saturated carbocycles. The first-order chi connectivity index (χ1) is 16.0. The molecule has 5 aliphatic rings. The van der Waals surface area contributed by atoms with Crippen LogP contribution in [0.4, 0.5) is 11.4 Å². The van der Waals surface area contributed by atoms with E-state index in [1.165, 1.54) is 41.8 Å². The van der Waals surface area contributed by atoms with Gasteiger partial charge in [0.15, 0.2) is 0 Å². The average molecular weight is 444 g/mol. The number of nitrogens with zero attached hydrogens (tertiary/aromatic N) is 2. The Balaban J connectivity index is 1.25. The molecule has 0 aromatic heterocycles. The van der Waals surface area contributed by atoms with Crippen molar-refractivity contribution in [3.8, 4) is 0 Å². The van der Waals surface area contributed by atoms with Crippen molar-refractivity contribution in [1.29, 1.82) is 0 Å². The van der Waals surface area contributed by atoms with Gasteiger partial charge in [0.25, 0.3) is 0 Å². The van der Waals surface area contributed by atoms with Gasteiger partial charge in [0.2, 0.25) is 5.91 Å². The maximum atomic E-state index is 13.7. The molecule has 1 atom stereocenters. The van der Waals surface area contributed by atoms with Crippen LogP contribution in [-0.2, 0) is 11.2 Å². The number of carbonyl (C=O) groups is 1. The predicted molar refractivity (Wildman–Crippen MR) is 135 cm³/mol. The number of amides is 1. The Labute approximate surface area is 198 Å². The van der Waals surface area contributed by atoms with Gasteiger partial charge in [-0.15, -0.1) is 0 Å². The summed E-state index contributed by atoms with van der Waals surface area (Å²) in [7, 11) is 4.16. The zero-order valence-corrected chi connectivity index (χ0v) is 20.1. The highest BCUT2D eigenvalue weighted by molar-refractivity contribution is 5.83. The molecule has 174 valence electrons.